The van der Waals surface area contributed by atoms with Crippen molar-refractivity contribution in [2.24, 2.45) is 0 Å². The minimum absolute atomic E-state index is 0.412. The summed E-state index contributed by atoms with van der Waals surface area (Å²) in [6.45, 7) is 6.45. The molecular weight excluding hydrogens is 316 g/mol. The summed E-state index contributed by atoms with van der Waals surface area (Å²) in [5.41, 5.74) is 2.64. The van der Waals surface area contributed by atoms with Crippen molar-refractivity contribution in [1.82, 2.24) is 5.32 Å². The van der Waals surface area contributed by atoms with Gasteiger partial charge in [0, 0.05) is 19.3 Å². The first-order chi connectivity index (χ1) is 11.9. The molecule has 0 heterocycles. The van der Waals surface area contributed by atoms with Gasteiger partial charge in [-0.25, -0.2) is 4.79 Å². The summed E-state index contributed by atoms with van der Waals surface area (Å²) < 4.78 is 11.0. The summed E-state index contributed by atoms with van der Waals surface area (Å²) in [6, 6.07) is 15.7. The maximum atomic E-state index is 11.6. The van der Waals surface area contributed by atoms with Crippen molar-refractivity contribution < 1.29 is 14.3 Å². The minimum Gasteiger partial charge on any atom is -0.489 e. The Labute approximate surface area is 149 Å². The lowest BCUT2D eigenvalue weighted by Crippen LogP contribution is -2.32. The van der Waals surface area contributed by atoms with Crippen LogP contribution >= 0.6 is 0 Å². The molecule has 0 saturated carbocycles. The second-order valence-electron chi connectivity index (χ2n) is 6.73. The molecule has 5 heteroatoms. The summed E-state index contributed by atoms with van der Waals surface area (Å²) in [5, 5.41) is 5.82. The van der Waals surface area contributed by atoms with E-state index < -0.39 is 11.7 Å². The van der Waals surface area contributed by atoms with Gasteiger partial charge in [0.2, 0.25) is 0 Å². The molecule has 25 heavy (non-hydrogen) atoms. The van der Waals surface area contributed by atoms with Gasteiger partial charge in [0.25, 0.3) is 0 Å². The second kappa shape index (κ2) is 8.42. The van der Waals surface area contributed by atoms with E-state index in [4.69, 9.17) is 9.47 Å². The molecule has 0 atom stereocenters. The number of carbonyl (C=O) groups excluding carboxylic acids is 1. The van der Waals surface area contributed by atoms with Gasteiger partial charge in [-0.3, -0.25) is 0 Å². The lowest BCUT2D eigenvalue weighted by atomic mass is 10.1. The summed E-state index contributed by atoms with van der Waals surface area (Å²) in [7, 11) is 1.88. The van der Waals surface area contributed by atoms with Crippen LogP contribution in [0.2, 0.25) is 0 Å². The van der Waals surface area contributed by atoms with E-state index >= 15 is 0 Å². The Balaban J connectivity index is 1.80. The van der Waals surface area contributed by atoms with E-state index in [0.717, 1.165) is 22.6 Å². The fraction of sp³-hybridized carbons (Fsp3) is 0.350. The third-order valence-corrected chi connectivity index (χ3v) is 3.41. The van der Waals surface area contributed by atoms with Crippen molar-refractivity contribution in [2.75, 3.05) is 12.4 Å². The van der Waals surface area contributed by atoms with E-state index in [1.54, 1.807) is 0 Å². The average Bonchev–Trinajstić information content (AvgIpc) is 2.58. The molecule has 0 aliphatic rings. The Kier molecular flexibility index (Phi) is 6.28. The number of ether oxygens (including phenoxy) is 2. The van der Waals surface area contributed by atoms with E-state index in [1.165, 1.54) is 0 Å². The third-order valence-electron chi connectivity index (χ3n) is 3.41. The summed E-state index contributed by atoms with van der Waals surface area (Å²) in [4.78, 5) is 11.6. The SMILES string of the molecule is CNc1ccc(OCc2ccc(CNC(=O)OC(C)(C)C)cc2)cc1. The topological polar surface area (TPSA) is 59.6 Å². The molecule has 0 radical (unpaired) electrons. The summed E-state index contributed by atoms with van der Waals surface area (Å²) in [6.07, 6.45) is -0.412. The van der Waals surface area contributed by atoms with Crippen molar-refractivity contribution in [2.45, 2.75) is 39.5 Å². The lowest BCUT2D eigenvalue weighted by Gasteiger charge is -2.19. The predicted molar refractivity (Wildman–Crippen MR) is 99.8 cm³/mol. The average molecular weight is 342 g/mol. The first-order valence-corrected chi connectivity index (χ1v) is 8.31. The van der Waals surface area contributed by atoms with Crippen LogP contribution in [0, 0.1) is 0 Å². The van der Waals surface area contributed by atoms with Crippen LogP contribution in [-0.2, 0) is 17.9 Å². The van der Waals surface area contributed by atoms with Crippen LogP contribution in [-0.4, -0.2) is 18.7 Å². The van der Waals surface area contributed by atoms with Crippen LogP contribution in [0.1, 0.15) is 31.9 Å². The molecule has 0 spiro atoms. The molecular formula is C20H26N2O3. The number of alkyl carbamates (subject to hydrolysis) is 1. The number of anilines is 1. The highest BCUT2D eigenvalue weighted by atomic mass is 16.6. The molecule has 2 aromatic rings. The first kappa shape index (κ1) is 18.6. The molecule has 0 fully saturated rings. The first-order valence-electron chi connectivity index (χ1n) is 8.31. The van der Waals surface area contributed by atoms with Crippen LogP contribution in [0.5, 0.6) is 5.75 Å². The maximum absolute atomic E-state index is 11.6. The Bertz CT molecular complexity index is 674. The van der Waals surface area contributed by atoms with Crippen LogP contribution in [0.4, 0.5) is 10.5 Å². The quantitative estimate of drug-likeness (QED) is 0.820. The van der Waals surface area contributed by atoms with E-state index in [9.17, 15) is 4.79 Å². The molecule has 2 rings (SSSR count). The Morgan fingerprint density at radius 2 is 1.56 bits per heavy atom. The van der Waals surface area contributed by atoms with Crippen LogP contribution < -0.4 is 15.4 Å². The van der Waals surface area contributed by atoms with Gasteiger partial charge in [0.05, 0.1) is 0 Å². The minimum atomic E-state index is -0.489. The second-order valence-corrected chi connectivity index (χ2v) is 6.73. The van der Waals surface area contributed by atoms with Crippen LogP contribution in [0.3, 0.4) is 0 Å². The smallest absolute Gasteiger partial charge is 0.407 e. The molecule has 0 aliphatic heterocycles. The molecule has 0 bridgehead atoms. The summed E-state index contributed by atoms with van der Waals surface area (Å²) >= 11 is 0. The maximum Gasteiger partial charge on any atom is 0.407 e. The standard InChI is InChI=1S/C20H26N2O3/c1-20(2,3)25-19(23)22-13-15-5-7-16(8-6-15)14-24-18-11-9-17(21-4)10-12-18/h5-12,21H,13-14H2,1-4H3,(H,22,23). The molecule has 0 unspecified atom stereocenters. The number of carbonyl (C=O) groups is 1. The van der Waals surface area contributed by atoms with Gasteiger partial charge in [-0.2, -0.15) is 0 Å². The largest absolute Gasteiger partial charge is 0.489 e. The molecule has 2 aromatic carbocycles. The van der Waals surface area contributed by atoms with Crippen molar-refractivity contribution in [1.29, 1.82) is 0 Å². The zero-order valence-electron chi connectivity index (χ0n) is 15.3. The fourth-order valence-corrected chi connectivity index (χ4v) is 2.13. The van der Waals surface area contributed by atoms with Crippen LogP contribution in [0.15, 0.2) is 48.5 Å². The van der Waals surface area contributed by atoms with Crippen molar-refractivity contribution in [3.05, 3.63) is 59.7 Å². The zero-order chi connectivity index (χ0) is 18.3. The number of rotatable bonds is 6. The van der Waals surface area contributed by atoms with Gasteiger partial charge in [-0.15, -0.1) is 0 Å². The van der Waals surface area contributed by atoms with E-state index in [1.807, 2.05) is 76.3 Å². The van der Waals surface area contributed by atoms with E-state index in [0.29, 0.717) is 13.2 Å². The Morgan fingerprint density at radius 3 is 2.12 bits per heavy atom. The molecule has 0 saturated heterocycles. The number of hydrogen-bond donors (Lipinski definition) is 2. The molecule has 0 aliphatic carbocycles. The predicted octanol–water partition coefficient (Wildman–Crippen LogP) is 4.33. The molecule has 5 nitrogen and oxygen atoms in total. The van der Waals surface area contributed by atoms with Gasteiger partial charge in [-0.1, -0.05) is 24.3 Å². The van der Waals surface area contributed by atoms with Crippen molar-refractivity contribution in [3.63, 3.8) is 0 Å². The van der Waals surface area contributed by atoms with Gasteiger partial charge in [0.1, 0.15) is 18.0 Å². The highest BCUT2D eigenvalue weighted by Gasteiger charge is 2.15. The van der Waals surface area contributed by atoms with Crippen LogP contribution in [0.25, 0.3) is 0 Å². The Morgan fingerprint density at radius 1 is 0.960 bits per heavy atom. The Hall–Kier alpha value is -2.69. The summed E-state index contributed by atoms with van der Waals surface area (Å²) in [5.74, 6) is 0.828. The molecule has 1 amide bonds. The molecule has 2 N–H and O–H groups in total. The van der Waals surface area contributed by atoms with E-state index in [2.05, 4.69) is 10.6 Å². The molecule has 134 valence electrons. The number of benzene rings is 2. The lowest BCUT2D eigenvalue weighted by molar-refractivity contribution is 0.0523. The third kappa shape index (κ3) is 6.75. The zero-order valence-corrected chi connectivity index (χ0v) is 15.3. The van der Waals surface area contributed by atoms with Gasteiger partial charge >= 0.3 is 6.09 Å². The number of amides is 1. The van der Waals surface area contributed by atoms with Gasteiger partial charge < -0.3 is 20.1 Å². The highest BCUT2D eigenvalue weighted by Crippen LogP contribution is 2.17. The van der Waals surface area contributed by atoms with Crippen molar-refractivity contribution in [3.8, 4) is 5.75 Å². The van der Waals surface area contributed by atoms with Crippen molar-refractivity contribution >= 4 is 11.8 Å². The fourth-order valence-electron chi connectivity index (χ4n) is 2.13. The number of nitrogens with one attached hydrogen (secondary N) is 2. The van der Waals surface area contributed by atoms with Gasteiger partial charge in [0.15, 0.2) is 0 Å². The monoisotopic (exact) mass is 342 g/mol. The van der Waals surface area contributed by atoms with Gasteiger partial charge in [-0.05, 0) is 56.2 Å². The normalized spacial score (nSPS) is 10.9. The highest BCUT2D eigenvalue weighted by molar-refractivity contribution is 5.67. The molecule has 0 aromatic heterocycles. The number of hydrogen-bond acceptors (Lipinski definition) is 4. The van der Waals surface area contributed by atoms with E-state index in [-0.39, 0.29) is 0 Å².